The van der Waals surface area contributed by atoms with Gasteiger partial charge in [-0.05, 0) is 36.6 Å². The van der Waals surface area contributed by atoms with Gasteiger partial charge in [0.25, 0.3) is 5.91 Å². The van der Waals surface area contributed by atoms with Crippen molar-refractivity contribution in [2.45, 2.75) is 26.7 Å². The third-order valence-electron chi connectivity index (χ3n) is 3.19. The van der Waals surface area contributed by atoms with Crippen LogP contribution in [0.5, 0.6) is 0 Å². The van der Waals surface area contributed by atoms with Crippen LogP contribution >= 0.6 is 0 Å². The van der Waals surface area contributed by atoms with E-state index in [4.69, 9.17) is 5.11 Å². The van der Waals surface area contributed by atoms with E-state index in [1.165, 1.54) is 12.1 Å². The number of benzene rings is 1. The van der Waals surface area contributed by atoms with E-state index >= 15 is 0 Å². The molecule has 1 aromatic carbocycles. The van der Waals surface area contributed by atoms with E-state index in [1.54, 1.807) is 19.1 Å². The van der Waals surface area contributed by atoms with Crippen molar-refractivity contribution in [3.05, 3.63) is 46.8 Å². The van der Waals surface area contributed by atoms with Crippen LogP contribution in [0, 0.1) is 6.92 Å². The van der Waals surface area contributed by atoms with Gasteiger partial charge in [-0.15, -0.1) is 0 Å². The Kier molecular flexibility index (Phi) is 4.07. The van der Waals surface area contributed by atoms with E-state index in [-0.39, 0.29) is 23.1 Å². The van der Waals surface area contributed by atoms with E-state index in [1.807, 2.05) is 13.8 Å². The molecule has 1 aromatic heterocycles. The number of aromatic carboxylic acids is 1. The molecular weight excluding hydrogens is 270 g/mol. The lowest BCUT2D eigenvalue weighted by molar-refractivity contribution is 0.0696. The van der Waals surface area contributed by atoms with Crippen molar-refractivity contribution in [3.8, 4) is 0 Å². The number of aryl methyl sites for hydroxylation is 1. The standard InChI is InChI=1S/C15H17N3O3/c1-8(2)11-7-13(18-17-11)14(19)16-12-6-10(15(20)21)5-4-9(12)3/h4-8H,1-3H3,(H,16,19)(H,17,18)(H,20,21). The normalized spacial score (nSPS) is 10.7. The molecule has 1 heterocycles. The van der Waals surface area contributed by atoms with Crippen molar-refractivity contribution in [3.63, 3.8) is 0 Å². The van der Waals surface area contributed by atoms with Crippen LogP contribution in [0.1, 0.15) is 51.9 Å². The van der Waals surface area contributed by atoms with E-state index in [0.717, 1.165) is 11.3 Å². The molecule has 0 spiro atoms. The Bertz CT molecular complexity index is 689. The molecule has 3 N–H and O–H groups in total. The van der Waals surface area contributed by atoms with Gasteiger partial charge < -0.3 is 10.4 Å². The first-order valence-corrected chi connectivity index (χ1v) is 6.59. The Morgan fingerprint density at radius 1 is 1.29 bits per heavy atom. The number of carboxylic acid groups (broad SMARTS) is 1. The number of hydrogen-bond donors (Lipinski definition) is 3. The number of carbonyl (C=O) groups is 2. The van der Waals surface area contributed by atoms with E-state index in [0.29, 0.717) is 5.69 Å². The minimum absolute atomic E-state index is 0.126. The number of H-pyrrole nitrogens is 1. The van der Waals surface area contributed by atoms with Crippen LogP contribution in [0.3, 0.4) is 0 Å². The first-order chi connectivity index (χ1) is 9.88. The second kappa shape index (κ2) is 5.78. The number of nitrogens with one attached hydrogen (secondary N) is 2. The second-order valence-electron chi connectivity index (χ2n) is 5.15. The van der Waals surface area contributed by atoms with Gasteiger partial charge in [0, 0.05) is 11.4 Å². The molecule has 0 aliphatic rings. The summed E-state index contributed by atoms with van der Waals surface area (Å²) in [6, 6.07) is 6.28. The lowest BCUT2D eigenvalue weighted by Crippen LogP contribution is -2.14. The number of aromatic amines is 1. The van der Waals surface area contributed by atoms with Crippen LogP contribution < -0.4 is 5.32 Å². The van der Waals surface area contributed by atoms with Gasteiger partial charge in [0.1, 0.15) is 0 Å². The Balaban J connectivity index is 2.22. The predicted molar refractivity (Wildman–Crippen MR) is 78.8 cm³/mol. The predicted octanol–water partition coefficient (Wildman–Crippen LogP) is 2.79. The summed E-state index contributed by atoms with van der Waals surface area (Å²) in [5, 5.41) is 18.5. The summed E-state index contributed by atoms with van der Waals surface area (Å²) < 4.78 is 0. The first-order valence-electron chi connectivity index (χ1n) is 6.59. The second-order valence-corrected chi connectivity index (χ2v) is 5.15. The fraction of sp³-hybridized carbons (Fsp3) is 0.267. The van der Waals surface area contributed by atoms with Crippen molar-refractivity contribution in [2.75, 3.05) is 5.32 Å². The van der Waals surface area contributed by atoms with Gasteiger partial charge in [-0.2, -0.15) is 5.10 Å². The Morgan fingerprint density at radius 2 is 2.00 bits per heavy atom. The van der Waals surface area contributed by atoms with Crippen LogP contribution in [0.4, 0.5) is 5.69 Å². The number of anilines is 1. The summed E-state index contributed by atoms with van der Waals surface area (Å²) in [5.41, 5.74) is 2.53. The van der Waals surface area contributed by atoms with E-state index < -0.39 is 5.97 Å². The molecule has 21 heavy (non-hydrogen) atoms. The summed E-state index contributed by atoms with van der Waals surface area (Å²) in [7, 11) is 0. The summed E-state index contributed by atoms with van der Waals surface area (Å²) in [6.45, 7) is 5.79. The van der Waals surface area contributed by atoms with Gasteiger partial charge in [0.2, 0.25) is 0 Å². The van der Waals surface area contributed by atoms with Crippen molar-refractivity contribution < 1.29 is 14.7 Å². The largest absolute Gasteiger partial charge is 0.478 e. The molecule has 0 fully saturated rings. The number of nitrogens with zero attached hydrogens (tertiary/aromatic N) is 1. The average molecular weight is 287 g/mol. The highest BCUT2D eigenvalue weighted by molar-refractivity contribution is 6.04. The fourth-order valence-electron chi connectivity index (χ4n) is 1.82. The maximum atomic E-state index is 12.1. The van der Waals surface area contributed by atoms with Crippen LogP contribution in [0.2, 0.25) is 0 Å². The quantitative estimate of drug-likeness (QED) is 0.805. The van der Waals surface area contributed by atoms with Crippen LogP contribution in [-0.4, -0.2) is 27.2 Å². The number of carboxylic acids is 1. The molecule has 0 unspecified atom stereocenters. The summed E-state index contributed by atoms with van der Waals surface area (Å²) in [5.74, 6) is -1.16. The number of hydrogen-bond acceptors (Lipinski definition) is 3. The maximum absolute atomic E-state index is 12.1. The Morgan fingerprint density at radius 3 is 2.57 bits per heavy atom. The molecule has 0 aliphatic carbocycles. The molecule has 0 saturated carbocycles. The smallest absolute Gasteiger partial charge is 0.335 e. The average Bonchev–Trinajstić information content (AvgIpc) is 2.90. The number of rotatable bonds is 4. The van der Waals surface area contributed by atoms with Gasteiger partial charge in [-0.3, -0.25) is 9.89 Å². The molecule has 2 aromatic rings. The highest BCUT2D eigenvalue weighted by Crippen LogP contribution is 2.18. The van der Waals surface area contributed by atoms with Crippen molar-refractivity contribution >= 4 is 17.6 Å². The molecule has 0 saturated heterocycles. The minimum Gasteiger partial charge on any atom is -0.478 e. The molecule has 2 rings (SSSR count). The molecular formula is C15H17N3O3. The zero-order valence-corrected chi connectivity index (χ0v) is 12.1. The fourth-order valence-corrected chi connectivity index (χ4v) is 1.82. The van der Waals surface area contributed by atoms with Crippen LogP contribution in [0.15, 0.2) is 24.3 Å². The monoisotopic (exact) mass is 287 g/mol. The minimum atomic E-state index is -1.03. The van der Waals surface area contributed by atoms with Crippen molar-refractivity contribution in [1.29, 1.82) is 0 Å². The molecule has 1 amide bonds. The van der Waals surface area contributed by atoms with Gasteiger partial charge in [0.05, 0.1) is 5.56 Å². The lowest BCUT2D eigenvalue weighted by Gasteiger charge is -2.08. The SMILES string of the molecule is Cc1ccc(C(=O)O)cc1NC(=O)c1cc(C(C)C)[nH]n1. The molecule has 0 radical (unpaired) electrons. The zero-order chi connectivity index (χ0) is 15.6. The van der Waals surface area contributed by atoms with Gasteiger partial charge in [0.15, 0.2) is 5.69 Å². The van der Waals surface area contributed by atoms with Crippen LogP contribution in [0.25, 0.3) is 0 Å². The zero-order valence-electron chi connectivity index (χ0n) is 12.1. The van der Waals surface area contributed by atoms with E-state index in [2.05, 4.69) is 15.5 Å². The third-order valence-corrected chi connectivity index (χ3v) is 3.19. The van der Waals surface area contributed by atoms with Crippen molar-refractivity contribution in [1.82, 2.24) is 10.2 Å². The summed E-state index contributed by atoms with van der Waals surface area (Å²) >= 11 is 0. The molecule has 0 aliphatic heterocycles. The first kappa shape index (κ1) is 14.8. The van der Waals surface area contributed by atoms with Crippen molar-refractivity contribution in [2.24, 2.45) is 0 Å². The lowest BCUT2D eigenvalue weighted by atomic mass is 10.1. The molecule has 0 bridgehead atoms. The van der Waals surface area contributed by atoms with E-state index in [9.17, 15) is 9.59 Å². The highest BCUT2D eigenvalue weighted by atomic mass is 16.4. The Hall–Kier alpha value is -2.63. The van der Waals surface area contributed by atoms with Gasteiger partial charge in [-0.25, -0.2) is 4.79 Å². The number of carbonyl (C=O) groups excluding carboxylic acids is 1. The Labute approximate surface area is 122 Å². The molecule has 110 valence electrons. The number of amides is 1. The summed E-state index contributed by atoms with van der Waals surface area (Å²) in [4.78, 5) is 23.1. The highest BCUT2D eigenvalue weighted by Gasteiger charge is 2.14. The number of aromatic nitrogens is 2. The molecule has 0 atom stereocenters. The molecule has 6 nitrogen and oxygen atoms in total. The molecule has 6 heteroatoms. The summed E-state index contributed by atoms with van der Waals surface area (Å²) in [6.07, 6.45) is 0. The van der Waals surface area contributed by atoms with Crippen LogP contribution in [-0.2, 0) is 0 Å². The van der Waals surface area contributed by atoms with Gasteiger partial charge >= 0.3 is 5.97 Å². The van der Waals surface area contributed by atoms with Gasteiger partial charge in [-0.1, -0.05) is 19.9 Å². The third kappa shape index (κ3) is 3.28. The maximum Gasteiger partial charge on any atom is 0.335 e. The topological polar surface area (TPSA) is 95.1 Å².